The summed E-state index contributed by atoms with van der Waals surface area (Å²) in [7, 11) is 0. The van der Waals surface area contributed by atoms with Gasteiger partial charge in [0.2, 0.25) is 0 Å². The molecule has 0 spiro atoms. The van der Waals surface area contributed by atoms with Crippen LogP contribution in [-0.4, -0.2) is 18.3 Å². The quantitative estimate of drug-likeness (QED) is 0.165. The number of rotatable bonds is 5. The van der Waals surface area contributed by atoms with Crippen molar-refractivity contribution < 1.29 is 0 Å². The number of aromatic nitrogens is 4. The zero-order valence-corrected chi connectivity index (χ0v) is 34.7. The van der Waals surface area contributed by atoms with Crippen molar-refractivity contribution in [1.82, 2.24) is 18.3 Å². The summed E-state index contributed by atoms with van der Waals surface area (Å²) >= 11 is 0. The van der Waals surface area contributed by atoms with E-state index in [2.05, 4.69) is 249 Å². The largest absolute Gasteiger partial charge is 0.309 e. The second kappa shape index (κ2) is 13.4. The Morgan fingerprint density at radius 1 is 0.188 bits per heavy atom. The van der Waals surface area contributed by atoms with Gasteiger partial charge in [0, 0.05) is 65.8 Å². The molecule has 4 aromatic heterocycles. The first-order valence-corrected chi connectivity index (χ1v) is 22.0. The lowest BCUT2D eigenvalue weighted by Crippen LogP contribution is -1.96. The molecule has 0 N–H and O–H groups in total. The molecule has 0 radical (unpaired) electrons. The van der Waals surface area contributed by atoms with Crippen molar-refractivity contribution in [3.8, 4) is 33.9 Å². The number of fused-ring (bicyclic) bond motifs is 14. The van der Waals surface area contributed by atoms with Crippen LogP contribution in [0.25, 0.3) is 121 Å². The summed E-state index contributed by atoms with van der Waals surface area (Å²) in [5, 5.41) is 10.0. The molecular weight excluding hydrogens is 777 g/mol. The first kappa shape index (κ1) is 35.0. The van der Waals surface area contributed by atoms with E-state index < -0.39 is 0 Å². The SMILES string of the molecule is c1ccc(-n2c3ccccc3c3c2ccc2c4ccccc4n(-c4ccc(-c5ccc(-n6c7ccccc7c7ccc8c(c9ccccc9n8-c8ccccc8)c76)cc5)cc4)c23)cc1. The minimum Gasteiger partial charge on any atom is -0.309 e. The fourth-order valence-corrected chi connectivity index (χ4v) is 10.9. The summed E-state index contributed by atoms with van der Waals surface area (Å²) in [6.07, 6.45) is 0. The Bertz CT molecular complexity index is 3870. The van der Waals surface area contributed by atoms with Gasteiger partial charge in [0.1, 0.15) is 0 Å². The van der Waals surface area contributed by atoms with Crippen LogP contribution in [0.15, 0.2) is 231 Å². The number of hydrogen-bond donors (Lipinski definition) is 0. The molecule has 0 aliphatic heterocycles. The van der Waals surface area contributed by atoms with E-state index in [1.165, 1.54) is 98.4 Å². The molecule has 10 aromatic carbocycles. The van der Waals surface area contributed by atoms with Crippen LogP contribution in [0.2, 0.25) is 0 Å². The minimum absolute atomic E-state index is 1.14. The molecule has 0 amide bonds. The summed E-state index contributed by atoms with van der Waals surface area (Å²) in [5.74, 6) is 0. The standard InChI is InChI=1S/C60H38N4/c1-3-15-41(16-4-1)61-53-25-13-9-21-49(53)57-55(61)37-35-47-45-19-7-11-23-51(45)63(59(47)57)43-31-27-39(28-32-43)40-29-33-44(34-30-40)64-52-24-12-8-20-46(52)48-36-38-56-58(60(48)64)50-22-10-14-26-54(50)62(56)42-17-5-2-6-18-42/h1-38H. The molecule has 298 valence electrons. The van der Waals surface area contributed by atoms with Gasteiger partial charge in [0.15, 0.2) is 0 Å². The van der Waals surface area contributed by atoms with Gasteiger partial charge in [-0.3, -0.25) is 0 Å². The van der Waals surface area contributed by atoms with Crippen LogP contribution < -0.4 is 0 Å². The molecule has 0 atom stereocenters. The monoisotopic (exact) mass is 814 g/mol. The predicted molar refractivity (Wildman–Crippen MR) is 269 cm³/mol. The van der Waals surface area contributed by atoms with Gasteiger partial charge in [0.25, 0.3) is 0 Å². The van der Waals surface area contributed by atoms with E-state index in [1.807, 2.05) is 0 Å². The fraction of sp³-hybridized carbons (Fsp3) is 0. The lowest BCUT2D eigenvalue weighted by Gasteiger charge is -2.12. The highest BCUT2D eigenvalue weighted by atomic mass is 15.0. The first-order chi connectivity index (χ1) is 31.8. The van der Waals surface area contributed by atoms with Crippen LogP contribution in [0.3, 0.4) is 0 Å². The third kappa shape index (κ3) is 4.88. The summed E-state index contributed by atoms with van der Waals surface area (Å²) in [4.78, 5) is 0. The Kier molecular flexibility index (Phi) is 7.36. The fourth-order valence-electron chi connectivity index (χ4n) is 10.9. The van der Waals surface area contributed by atoms with Crippen molar-refractivity contribution >= 4 is 87.2 Å². The minimum atomic E-state index is 1.14. The molecule has 4 heteroatoms. The van der Waals surface area contributed by atoms with E-state index in [0.717, 1.165) is 22.7 Å². The maximum absolute atomic E-state index is 2.47. The third-order valence-corrected chi connectivity index (χ3v) is 13.6. The normalized spacial score (nSPS) is 12.1. The Hall–Kier alpha value is -8.60. The Morgan fingerprint density at radius 3 is 0.891 bits per heavy atom. The number of nitrogens with zero attached hydrogens (tertiary/aromatic N) is 4. The lowest BCUT2D eigenvalue weighted by molar-refractivity contribution is 1.17. The highest BCUT2D eigenvalue weighted by Crippen LogP contribution is 2.44. The second-order valence-electron chi connectivity index (χ2n) is 16.9. The van der Waals surface area contributed by atoms with E-state index >= 15 is 0 Å². The number of benzene rings is 10. The van der Waals surface area contributed by atoms with Crippen molar-refractivity contribution in [3.63, 3.8) is 0 Å². The summed E-state index contributed by atoms with van der Waals surface area (Å²) in [5.41, 5.74) is 16.6. The molecule has 4 nitrogen and oxygen atoms in total. The maximum Gasteiger partial charge on any atom is 0.0641 e. The van der Waals surface area contributed by atoms with Crippen molar-refractivity contribution in [2.45, 2.75) is 0 Å². The number of para-hydroxylation sites is 6. The van der Waals surface area contributed by atoms with Gasteiger partial charge in [-0.15, -0.1) is 0 Å². The molecule has 0 saturated carbocycles. The van der Waals surface area contributed by atoms with Crippen molar-refractivity contribution in [3.05, 3.63) is 231 Å². The van der Waals surface area contributed by atoms with Gasteiger partial charge in [-0.05, 0) is 96.1 Å². The molecular formula is C60H38N4. The molecule has 0 bridgehead atoms. The smallest absolute Gasteiger partial charge is 0.0641 e. The van der Waals surface area contributed by atoms with Crippen LogP contribution in [-0.2, 0) is 0 Å². The molecule has 64 heavy (non-hydrogen) atoms. The van der Waals surface area contributed by atoms with E-state index in [1.54, 1.807) is 0 Å². The average Bonchev–Trinajstić information content (AvgIpc) is 4.10. The zero-order valence-electron chi connectivity index (χ0n) is 34.7. The molecule has 14 rings (SSSR count). The predicted octanol–water partition coefficient (Wildman–Crippen LogP) is 15.7. The van der Waals surface area contributed by atoms with Gasteiger partial charge in [-0.2, -0.15) is 0 Å². The van der Waals surface area contributed by atoms with E-state index in [0.29, 0.717) is 0 Å². The summed E-state index contributed by atoms with van der Waals surface area (Å²) in [6.45, 7) is 0. The Morgan fingerprint density at radius 2 is 0.500 bits per heavy atom. The highest BCUT2D eigenvalue weighted by Gasteiger charge is 2.23. The second-order valence-corrected chi connectivity index (χ2v) is 16.9. The summed E-state index contributed by atoms with van der Waals surface area (Å²) in [6, 6.07) is 84.2. The van der Waals surface area contributed by atoms with Crippen LogP contribution in [0.1, 0.15) is 0 Å². The molecule has 0 saturated heterocycles. The van der Waals surface area contributed by atoms with Gasteiger partial charge < -0.3 is 18.3 Å². The van der Waals surface area contributed by atoms with Crippen LogP contribution in [0.4, 0.5) is 0 Å². The molecule has 4 heterocycles. The molecule has 0 unspecified atom stereocenters. The highest BCUT2D eigenvalue weighted by molar-refractivity contribution is 6.27. The lowest BCUT2D eigenvalue weighted by atomic mass is 10.0. The molecule has 0 aliphatic rings. The Balaban J connectivity index is 0.922. The van der Waals surface area contributed by atoms with E-state index in [9.17, 15) is 0 Å². The van der Waals surface area contributed by atoms with E-state index in [4.69, 9.17) is 0 Å². The molecule has 0 aliphatic carbocycles. The third-order valence-electron chi connectivity index (χ3n) is 13.6. The average molecular weight is 815 g/mol. The summed E-state index contributed by atoms with van der Waals surface area (Å²) < 4.78 is 9.76. The van der Waals surface area contributed by atoms with Crippen molar-refractivity contribution in [2.75, 3.05) is 0 Å². The molecule has 14 aromatic rings. The van der Waals surface area contributed by atoms with Crippen LogP contribution in [0, 0.1) is 0 Å². The van der Waals surface area contributed by atoms with Crippen LogP contribution >= 0.6 is 0 Å². The molecule has 0 fully saturated rings. The van der Waals surface area contributed by atoms with Crippen molar-refractivity contribution in [2.24, 2.45) is 0 Å². The topological polar surface area (TPSA) is 19.7 Å². The van der Waals surface area contributed by atoms with E-state index in [-0.39, 0.29) is 0 Å². The zero-order chi connectivity index (χ0) is 41.9. The maximum atomic E-state index is 2.47. The van der Waals surface area contributed by atoms with Gasteiger partial charge >= 0.3 is 0 Å². The number of hydrogen-bond acceptors (Lipinski definition) is 0. The van der Waals surface area contributed by atoms with Crippen molar-refractivity contribution in [1.29, 1.82) is 0 Å². The van der Waals surface area contributed by atoms with Gasteiger partial charge in [-0.1, -0.05) is 146 Å². The van der Waals surface area contributed by atoms with Gasteiger partial charge in [-0.25, -0.2) is 0 Å². The van der Waals surface area contributed by atoms with Crippen LogP contribution in [0.5, 0.6) is 0 Å². The Labute approximate surface area is 368 Å². The first-order valence-electron chi connectivity index (χ1n) is 22.0. The van der Waals surface area contributed by atoms with Gasteiger partial charge in [0.05, 0.1) is 44.1 Å².